The Morgan fingerprint density at radius 3 is 2.30 bits per heavy atom. The quantitative estimate of drug-likeness (QED) is 0.312. The Labute approximate surface area is 180 Å². The Bertz CT molecular complexity index is 1190. The van der Waals surface area contributed by atoms with Crippen LogP contribution in [0.1, 0.15) is 11.1 Å². The highest BCUT2D eigenvalue weighted by Gasteiger charge is 2.30. The summed E-state index contributed by atoms with van der Waals surface area (Å²) in [7, 11) is -4.21. The van der Waals surface area contributed by atoms with Gasteiger partial charge in [0.15, 0.2) is 0 Å². The monoisotopic (exact) mass is 473 g/mol. The Balaban J connectivity index is 1.75. The first kappa shape index (κ1) is 22.1. The zero-order valence-electron chi connectivity index (χ0n) is 14.9. The van der Waals surface area contributed by atoms with Crippen molar-refractivity contribution in [1.29, 1.82) is 0 Å². The van der Waals surface area contributed by atoms with Gasteiger partial charge in [0.2, 0.25) is 0 Å². The van der Waals surface area contributed by atoms with Crippen molar-refractivity contribution >= 4 is 45.2 Å². The zero-order valence-corrected chi connectivity index (χ0v) is 17.2. The van der Waals surface area contributed by atoms with E-state index in [0.717, 1.165) is 12.1 Å². The summed E-state index contributed by atoms with van der Waals surface area (Å²) in [6, 6.07) is 14.3. The summed E-state index contributed by atoms with van der Waals surface area (Å²) in [4.78, 5) is 3.81. The zero-order chi connectivity index (χ0) is 21.9. The molecule has 0 aromatic heterocycles. The average Bonchev–Trinajstić information content (AvgIpc) is 2.68. The van der Waals surface area contributed by atoms with Crippen LogP contribution in [-0.2, 0) is 16.3 Å². The van der Waals surface area contributed by atoms with Crippen molar-refractivity contribution in [2.24, 2.45) is 4.99 Å². The van der Waals surface area contributed by atoms with E-state index in [4.69, 9.17) is 27.4 Å². The van der Waals surface area contributed by atoms with E-state index < -0.39 is 21.9 Å². The molecular weight excluding hydrogens is 462 g/mol. The summed E-state index contributed by atoms with van der Waals surface area (Å²) < 4.78 is 68.1. The highest BCUT2D eigenvalue weighted by atomic mass is 35.5. The smallest absolute Gasteiger partial charge is 0.379 e. The molecular formula is C20H12Cl2F3NO3S. The highest BCUT2D eigenvalue weighted by Crippen LogP contribution is 2.30. The van der Waals surface area contributed by atoms with Crippen molar-refractivity contribution in [1.82, 2.24) is 0 Å². The van der Waals surface area contributed by atoms with Crippen LogP contribution in [0.5, 0.6) is 5.75 Å². The second-order valence-corrected chi connectivity index (χ2v) is 8.35. The normalized spacial score (nSPS) is 12.3. The summed E-state index contributed by atoms with van der Waals surface area (Å²) in [5.74, 6) is 0.00376. The molecule has 0 bridgehead atoms. The maximum Gasteiger partial charge on any atom is 0.416 e. The van der Waals surface area contributed by atoms with Gasteiger partial charge in [-0.2, -0.15) is 21.6 Å². The van der Waals surface area contributed by atoms with Gasteiger partial charge in [0.05, 0.1) is 16.3 Å². The van der Waals surface area contributed by atoms with Gasteiger partial charge in [-0.1, -0.05) is 35.3 Å². The van der Waals surface area contributed by atoms with Crippen molar-refractivity contribution in [2.45, 2.75) is 11.1 Å². The summed E-state index contributed by atoms with van der Waals surface area (Å²) in [5.41, 5.74) is -0.124. The van der Waals surface area contributed by atoms with Crippen LogP contribution in [0.3, 0.4) is 0 Å². The van der Waals surface area contributed by atoms with Crippen LogP contribution in [0.2, 0.25) is 10.0 Å². The Morgan fingerprint density at radius 1 is 0.933 bits per heavy atom. The van der Waals surface area contributed by atoms with Gasteiger partial charge in [-0.25, -0.2) is 0 Å². The molecule has 10 heteroatoms. The molecule has 0 fully saturated rings. The van der Waals surface area contributed by atoms with Gasteiger partial charge in [0.25, 0.3) is 0 Å². The minimum atomic E-state index is -4.44. The molecule has 0 heterocycles. The standard InChI is InChI=1S/C20H12Cl2F3NO3S/c21-15-4-9-18(22)19(11-15)30(27,28)29-17-7-5-16(6-8-17)26-12-13-2-1-3-14(10-13)20(23,24)25/h1-12H. The molecule has 0 amide bonds. The molecule has 0 aliphatic heterocycles. The van der Waals surface area contributed by atoms with Crippen molar-refractivity contribution in [3.63, 3.8) is 0 Å². The van der Waals surface area contributed by atoms with E-state index in [1.54, 1.807) is 0 Å². The number of hydrogen-bond donors (Lipinski definition) is 0. The van der Waals surface area contributed by atoms with Gasteiger partial charge in [-0.15, -0.1) is 0 Å². The molecule has 3 rings (SSSR count). The summed E-state index contributed by atoms with van der Waals surface area (Å²) in [5, 5.41) is 0.141. The molecule has 3 aromatic rings. The fraction of sp³-hybridized carbons (Fsp3) is 0.0500. The van der Waals surface area contributed by atoms with Gasteiger partial charge in [0.1, 0.15) is 10.6 Å². The predicted octanol–water partition coefficient (Wildman–Crippen LogP) is 6.53. The minimum Gasteiger partial charge on any atom is -0.379 e. The Hall–Kier alpha value is -2.55. The van der Waals surface area contributed by atoms with Crippen LogP contribution < -0.4 is 4.18 Å². The molecule has 30 heavy (non-hydrogen) atoms. The third kappa shape index (κ3) is 5.53. The molecule has 3 aromatic carbocycles. The summed E-state index contributed by atoms with van der Waals surface area (Å²) >= 11 is 11.7. The number of nitrogens with zero attached hydrogens (tertiary/aromatic N) is 1. The van der Waals surface area contributed by atoms with E-state index in [1.807, 2.05) is 0 Å². The van der Waals surface area contributed by atoms with E-state index in [-0.39, 0.29) is 26.3 Å². The molecule has 0 aliphatic carbocycles. The molecule has 0 radical (unpaired) electrons. The number of halogens is 5. The summed E-state index contributed by atoms with van der Waals surface area (Å²) in [6.07, 6.45) is -3.17. The van der Waals surface area contributed by atoms with E-state index in [0.29, 0.717) is 5.69 Å². The van der Waals surface area contributed by atoms with Crippen LogP contribution >= 0.6 is 23.2 Å². The second-order valence-electron chi connectivity index (χ2n) is 5.99. The fourth-order valence-corrected chi connectivity index (χ4v) is 4.04. The number of hydrogen-bond acceptors (Lipinski definition) is 4. The molecule has 0 atom stereocenters. The number of benzene rings is 3. The van der Waals surface area contributed by atoms with Crippen molar-refractivity contribution < 1.29 is 25.8 Å². The van der Waals surface area contributed by atoms with Crippen molar-refractivity contribution in [3.8, 4) is 5.75 Å². The first-order valence-corrected chi connectivity index (χ1v) is 10.4. The molecule has 0 saturated carbocycles. The third-order valence-corrected chi connectivity index (χ3v) is 5.75. The number of alkyl halides is 3. The molecule has 0 N–H and O–H groups in total. The van der Waals surface area contributed by atoms with Crippen LogP contribution in [-0.4, -0.2) is 14.6 Å². The first-order valence-electron chi connectivity index (χ1n) is 8.25. The minimum absolute atomic E-state index is 0.00376. The Morgan fingerprint density at radius 2 is 1.63 bits per heavy atom. The molecule has 0 unspecified atom stereocenters. The van der Waals surface area contributed by atoms with Gasteiger partial charge in [0, 0.05) is 11.2 Å². The molecule has 156 valence electrons. The molecule has 4 nitrogen and oxygen atoms in total. The summed E-state index contributed by atoms with van der Waals surface area (Å²) in [6.45, 7) is 0. The number of rotatable bonds is 5. The van der Waals surface area contributed by atoms with Crippen LogP contribution in [0, 0.1) is 0 Å². The molecule has 0 spiro atoms. The van der Waals surface area contributed by atoms with Crippen LogP contribution in [0.4, 0.5) is 18.9 Å². The Kier molecular flexibility index (Phi) is 6.40. The topological polar surface area (TPSA) is 55.7 Å². The van der Waals surface area contributed by atoms with Crippen molar-refractivity contribution in [3.05, 3.63) is 87.9 Å². The van der Waals surface area contributed by atoms with Crippen molar-refractivity contribution in [2.75, 3.05) is 0 Å². The van der Waals surface area contributed by atoms with Gasteiger partial charge in [-0.05, 0) is 60.2 Å². The van der Waals surface area contributed by atoms with E-state index in [9.17, 15) is 21.6 Å². The lowest BCUT2D eigenvalue weighted by atomic mass is 10.1. The second kappa shape index (κ2) is 8.67. The lowest BCUT2D eigenvalue weighted by Crippen LogP contribution is -2.10. The van der Waals surface area contributed by atoms with E-state index in [1.165, 1.54) is 60.8 Å². The van der Waals surface area contributed by atoms with Crippen LogP contribution in [0.25, 0.3) is 0 Å². The fourth-order valence-electron chi connectivity index (χ4n) is 2.37. The first-order chi connectivity index (χ1) is 14.0. The maximum atomic E-state index is 12.8. The molecule has 0 saturated heterocycles. The van der Waals surface area contributed by atoms with Gasteiger partial charge >= 0.3 is 16.3 Å². The molecule has 0 aliphatic rings. The highest BCUT2D eigenvalue weighted by molar-refractivity contribution is 7.87. The largest absolute Gasteiger partial charge is 0.416 e. The lowest BCUT2D eigenvalue weighted by Gasteiger charge is -2.09. The maximum absolute atomic E-state index is 12.8. The van der Waals surface area contributed by atoms with E-state index >= 15 is 0 Å². The average molecular weight is 474 g/mol. The lowest BCUT2D eigenvalue weighted by molar-refractivity contribution is -0.137. The van der Waals surface area contributed by atoms with Gasteiger partial charge in [-0.3, -0.25) is 4.99 Å². The van der Waals surface area contributed by atoms with E-state index in [2.05, 4.69) is 4.99 Å². The third-order valence-electron chi connectivity index (χ3n) is 3.78. The number of aliphatic imine (C=N–C) groups is 1. The predicted molar refractivity (Wildman–Crippen MR) is 109 cm³/mol. The SMILES string of the molecule is O=S(=O)(Oc1ccc(N=Cc2cccc(C(F)(F)F)c2)cc1)c1cc(Cl)ccc1Cl. The van der Waals surface area contributed by atoms with Gasteiger partial charge < -0.3 is 4.18 Å². The van der Waals surface area contributed by atoms with Crippen LogP contribution in [0.15, 0.2) is 76.6 Å².